The van der Waals surface area contributed by atoms with Gasteiger partial charge < -0.3 is 73.6 Å². The predicted octanol–water partition coefficient (Wildman–Crippen LogP) is -2.33. The highest BCUT2D eigenvalue weighted by Crippen LogP contribution is 2.19. The van der Waals surface area contributed by atoms with E-state index in [2.05, 4.69) is 19.9 Å². The van der Waals surface area contributed by atoms with Crippen LogP contribution in [0.3, 0.4) is 0 Å². The van der Waals surface area contributed by atoms with Crippen molar-refractivity contribution >= 4 is 94.0 Å². The van der Waals surface area contributed by atoms with Gasteiger partial charge in [-0.15, -0.1) is 0 Å². The van der Waals surface area contributed by atoms with Gasteiger partial charge in [0.15, 0.2) is 17.0 Å². The molecule has 29 heteroatoms. The molecule has 0 saturated heterocycles. The molecule has 0 unspecified atom stereocenters. The number of nitrogen functional groups attached to an aromatic ring is 2. The summed E-state index contributed by atoms with van der Waals surface area (Å²) in [5, 5.41) is 66.7. The molecule has 1 aromatic carbocycles. The zero-order valence-corrected chi connectivity index (χ0v) is 35.8. The predicted molar refractivity (Wildman–Crippen MR) is 233 cm³/mol. The van der Waals surface area contributed by atoms with E-state index in [0.717, 1.165) is 6.20 Å². The molecule has 0 bridgehead atoms. The fourth-order valence-electron chi connectivity index (χ4n) is 5.81. The van der Waals surface area contributed by atoms with E-state index in [4.69, 9.17) is 26.2 Å². The second-order valence-corrected chi connectivity index (χ2v) is 14.6. The van der Waals surface area contributed by atoms with E-state index >= 15 is 0 Å². The quantitative estimate of drug-likeness (QED) is 0.0347. The average molecular weight is 978 g/mol. The number of benzene rings is 1. The van der Waals surface area contributed by atoms with Crippen molar-refractivity contribution in [3.05, 3.63) is 41.6 Å². The lowest BCUT2D eigenvalue weighted by Gasteiger charge is -2.20. The number of anilines is 3. The third kappa shape index (κ3) is 18.2. The number of carboxylic acids is 6. The Morgan fingerprint density at radius 3 is 1.35 bits per heavy atom. The van der Waals surface area contributed by atoms with Crippen molar-refractivity contribution in [3.8, 4) is 0 Å². The number of carbonyl (C=O) groups is 11. The first-order valence-electron chi connectivity index (χ1n) is 23.6. The number of amides is 5. The van der Waals surface area contributed by atoms with Crippen LogP contribution in [0.1, 0.15) is 89.9 Å². The SMILES string of the molecule is [2H]c1c([2H])c(N(Cc2cnc3nc(N)nc(N)c3n2)C([2H])([2H])[2H])c([2H])c([2H])c1C(=O)N[C@@H](CCC(=O)N[C@@H](CCC(=O)N[C@@H](CCC(=O)N[C@@H](CCC(=O)N[C@@H](CCC(=O)O)C(=O)O)C(=O)O)C(=O)O)C(=O)O)C(=O)O. The van der Waals surface area contributed by atoms with Crippen molar-refractivity contribution in [2.24, 2.45) is 0 Å². The number of aromatic nitrogens is 4. The minimum absolute atomic E-state index is 0.0511. The largest absolute Gasteiger partial charge is 0.481 e. The molecule has 0 saturated carbocycles. The zero-order valence-electron chi connectivity index (χ0n) is 42.8. The van der Waals surface area contributed by atoms with Gasteiger partial charge in [0, 0.05) is 54.4 Å². The van der Waals surface area contributed by atoms with Crippen LogP contribution in [0.15, 0.2) is 30.4 Å². The molecule has 0 aliphatic heterocycles. The van der Waals surface area contributed by atoms with Crippen LogP contribution in [-0.4, -0.2) is 153 Å². The second-order valence-electron chi connectivity index (χ2n) is 14.6. The Labute approximate surface area is 399 Å². The third-order valence-electron chi connectivity index (χ3n) is 9.35. The molecule has 69 heavy (non-hydrogen) atoms. The molecule has 2 aromatic heterocycles. The van der Waals surface area contributed by atoms with Crippen molar-refractivity contribution in [3.63, 3.8) is 0 Å². The van der Waals surface area contributed by atoms with E-state index in [1.54, 1.807) is 0 Å². The number of hydrogen-bond acceptors (Lipinski definition) is 18. The van der Waals surface area contributed by atoms with Gasteiger partial charge in [0.1, 0.15) is 30.2 Å². The van der Waals surface area contributed by atoms with Gasteiger partial charge in [-0.3, -0.25) is 28.8 Å². The molecule has 3 rings (SSSR count). The second kappa shape index (κ2) is 25.8. The van der Waals surface area contributed by atoms with Crippen LogP contribution in [0.25, 0.3) is 11.2 Å². The maximum atomic E-state index is 13.4. The molecule has 3 aromatic rings. The number of fused-ring (bicyclic) bond motifs is 1. The van der Waals surface area contributed by atoms with Gasteiger partial charge in [0.2, 0.25) is 29.6 Å². The number of nitrogens with two attached hydrogens (primary N) is 2. The van der Waals surface area contributed by atoms with E-state index in [9.17, 15) is 78.3 Å². The fraction of sp³-hybridized carbons (Fsp3) is 0.425. The highest BCUT2D eigenvalue weighted by atomic mass is 16.4. The summed E-state index contributed by atoms with van der Waals surface area (Å²) in [7, 11) is 0. The lowest BCUT2D eigenvalue weighted by atomic mass is 10.1. The third-order valence-corrected chi connectivity index (χ3v) is 9.35. The summed E-state index contributed by atoms with van der Waals surface area (Å²) in [6, 6.07) is -13.3. The van der Waals surface area contributed by atoms with Gasteiger partial charge in [-0.2, -0.15) is 9.97 Å². The Balaban J connectivity index is 1.61. The molecule has 2 heterocycles. The average Bonchev–Trinajstić information content (AvgIpc) is 3.31. The fourth-order valence-corrected chi connectivity index (χ4v) is 5.81. The summed E-state index contributed by atoms with van der Waals surface area (Å²) in [5.74, 6) is -15.9. The van der Waals surface area contributed by atoms with Gasteiger partial charge in [0.25, 0.3) is 5.91 Å². The van der Waals surface area contributed by atoms with Crippen molar-refractivity contribution in [2.45, 2.75) is 101 Å². The van der Waals surface area contributed by atoms with E-state index in [-0.39, 0.29) is 28.6 Å². The summed E-state index contributed by atoms with van der Waals surface area (Å²) >= 11 is 0. The number of nitrogens with zero attached hydrogens (tertiary/aromatic N) is 5. The monoisotopic (exact) mass is 977 g/mol. The molecular formula is C40H50N12O17. The summed E-state index contributed by atoms with van der Waals surface area (Å²) in [4.78, 5) is 150. The van der Waals surface area contributed by atoms with Crippen LogP contribution in [0.4, 0.5) is 17.5 Å². The van der Waals surface area contributed by atoms with Gasteiger partial charge in [-0.1, -0.05) is 0 Å². The lowest BCUT2D eigenvalue weighted by molar-refractivity contribution is -0.144. The van der Waals surface area contributed by atoms with Crippen LogP contribution in [0, 0.1) is 0 Å². The van der Waals surface area contributed by atoms with Crippen molar-refractivity contribution in [1.29, 1.82) is 0 Å². The van der Waals surface area contributed by atoms with E-state index in [1.807, 2.05) is 26.6 Å². The molecule has 0 aliphatic carbocycles. The number of rotatable bonds is 29. The standard InChI is InChI=1S/C40H50N12O17/c1-52(17-19-16-43-33-31(44-19)32(41)50-40(42)51-33)20-4-2-18(3-5-20)34(59)49-25(39(68)69)9-14-29(56)47-23(37(64)65)7-12-27(54)45-21(35(60)61)6-11-26(53)46-22(36(62)63)8-13-28(55)48-24(38(66)67)10-15-30(57)58/h2-5,16,21-25H,6-15,17H2,1H3,(H,45,54)(H,46,53)(H,47,56)(H,48,55)(H,49,59)(H,57,58)(H,60,61)(H,62,63)(H,64,65)(H,66,67)(H,68,69)(H4,41,42,43,50,51)/t21-,22-,23-,24-,25-/m0/s1/i1D3,2D,3D,4D,5D. The summed E-state index contributed by atoms with van der Waals surface area (Å²) in [5.41, 5.74) is 9.31. The van der Waals surface area contributed by atoms with E-state index < -0.39 is 209 Å². The lowest BCUT2D eigenvalue weighted by Crippen LogP contribution is -2.46. The van der Waals surface area contributed by atoms with Gasteiger partial charge in [-0.05, 0) is 56.3 Å². The smallest absolute Gasteiger partial charge is 0.326 e. The maximum Gasteiger partial charge on any atom is 0.326 e. The first-order valence-corrected chi connectivity index (χ1v) is 20.1. The Bertz CT molecular complexity index is 2760. The Morgan fingerprint density at radius 2 is 0.971 bits per heavy atom. The van der Waals surface area contributed by atoms with Crippen molar-refractivity contribution in [2.75, 3.05) is 23.3 Å². The van der Waals surface area contributed by atoms with Crippen LogP contribution >= 0.6 is 0 Å². The molecule has 5 atom stereocenters. The van der Waals surface area contributed by atoms with Crippen molar-refractivity contribution in [1.82, 2.24) is 46.5 Å². The minimum atomic E-state index is -3.18. The topological polar surface area (TPSA) is 476 Å². The highest BCUT2D eigenvalue weighted by Gasteiger charge is 2.28. The normalized spacial score (nSPS) is 14.6. The summed E-state index contributed by atoms with van der Waals surface area (Å²) in [6.45, 7) is -3.91. The molecule has 29 nitrogen and oxygen atoms in total. The van der Waals surface area contributed by atoms with Crippen LogP contribution in [0.5, 0.6) is 0 Å². The Kier molecular flexibility index (Phi) is 16.5. The molecule has 372 valence electrons. The van der Waals surface area contributed by atoms with Gasteiger partial charge in [0.05, 0.1) is 23.9 Å². The first-order chi connectivity index (χ1) is 35.3. The maximum absolute atomic E-state index is 13.4. The number of nitrogens with one attached hydrogen (secondary N) is 5. The summed E-state index contributed by atoms with van der Waals surface area (Å²) < 4.78 is 58.5. The van der Waals surface area contributed by atoms with E-state index in [0.29, 0.717) is 4.90 Å². The highest BCUT2D eigenvalue weighted by molar-refractivity contribution is 5.97. The molecule has 0 spiro atoms. The minimum Gasteiger partial charge on any atom is -0.481 e. The van der Waals surface area contributed by atoms with Gasteiger partial charge in [-0.25, -0.2) is 33.9 Å². The van der Waals surface area contributed by atoms with Crippen LogP contribution < -0.4 is 43.0 Å². The Morgan fingerprint density at radius 1 is 0.580 bits per heavy atom. The molecule has 15 N–H and O–H groups in total. The molecule has 5 amide bonds. The van der Waals surface area contributed by atoms with Gasteiger partial charge >= 0.3 is 35.8 Å². The molecule has 0 fully saturated rings. The number of hydrogen-bond donors (Lipinski definition) is 13. The van der Waals surface area contributed by atoms with Crippen molar-refractivity contribution < 1.29 is 93.0 Å². The number of carbonyl (C=O) groups excluding carboxylic acids is 5. The number of carboxylic acid groups (broad SMARTS) is 6. The summed E-state index contributed by atoms with van der Waals surface area (Å²) in [6.07, 6.45) is -5.63. The Hall–Kier alpha value is -8.79. The number of aliphatic carboxylic acids is 6. The van der Waals surface area contributed by atoms with Crippen LogP contribution in [0.2, 0.25) is 0 Å². The molecular weight excluding hydrogens is 921 g/mol. The molecule has 0 radical (unpaired) electrons. The zero-order chi connectivity index (χ0) is 57.5. The van der Waals surface area contributed by atoms with Crippen LogP contribution in [-0.2, 0) is 54.5 Å². The first kappa shape index (κ1) is 44.1. The molecule has 0 aliphatic rings. The van der Waals surface area contributed by atoms with E-state index in [1.165, 1.54) is 0 Å².